The molecule has 0 fully saturated rings. The summed E-state index contributed by atoms with van der Waals surface area (Å²) in [7, 11) is 0. The fraction of sp³-hybridized carbons (Fsp3) is 0.444. The number of rotatable bonds is 6. The molecule has 0 radical (unpaired) electrons. The Hall–Kier alpha value is -1.38. The van der Waals surface area contributed by atoms with Gasteiger partial charge in [0.15, 0.2) is 0 Å². The second-order valence-electron chi connectivity index (χ2n) is 5.25. The van der Waals surface area contributed by atoms with Crippen molar-refractivity contribution in [3.05, 3.63) is 48.0 Å². The molecule has 0 saturated heterocycles. The van der Waals surface area contributed by atoms with Crippen molar-refractivity contribution in [2.75, 3.05) is 6.61 Å². The molecule has 0 saturated carbocycles. The van der Waals surface area contributed by atoms with Crippen LogP contribution >= 0.6 is 0 Å². The average molecular weight is 271 g/mol. The van der Waals surface area contributed by atoms with Crippen LogP contribution in [0.1, 0.15) is 45.2 Å². The Balaban J connectivity index is 2.51. The monoisotopic (exact) mass is 271 g/mol. The number of hydrogen-bond acceptors (Lipinski definition) is 2. The fourth-order valence-corrected chi connectivity index (χ4v) is 3.08. The first-order valence-corrected chi connectivity index (χ1v) is 7.55. The van der Waals surface area contributed by atoms with Crippen LogP contribution in [0.5, 0.6) is 0 Å². The van der Waals surface area contributed by atoms with Crippen LogP contribution < -0.4 is 5.73 Å². The van der Waals surface area contributed by atoms with Crippen molar-refractivity contribution >= 4 is 10.8 Å². The van der Waals surface area contributed by atoms with Crippen molar-refractivity contribution in [1.82, 2.24) is 0 Å². The van der Waals surface area contributed by atoms with E-state index < -0.39 is 0 Å². The van der Waals surface area contributed by atoms with Crippen LogP contribution in [-0.4, -0.2) is 12.2 Å². The van der Waals surface area contributed by atoms with Gasteiger partial charge in [-0.05, 0) is 36.1 Å². The second-order valence-corrected chi connectivity index (χ2v) is 5.25. The van der Waals surface area contributed by atoms with Crippen LogP contribution in [0.15, 0.2) is 42.5 Å². The standard InChI is InChI=1S/C18H25NO/c1-4-18(5-2,20-6-3)17(19)16-13-9-11-14-10-7-8-12-15(14)16/h7-13,17H,4-6,19H2,1-3H3. The lowest BCUT2D eigenvalue weighted by molar-refractivity contribution is -0.0642. The predicted octanol–water partition coefficient (Wildman–Crippen LogP) is 4.43. The lowest BCUT2D eigenvalue weighted by Gasteiger charge is -2.38. The summed E-state index contributed by atoms with van der Waals surface area (Å²) >= 11 is 0. The Morgan fingerprint density at radius 2 is 1.65 bits per heavy atom. The number of fused-ring (bicyclic) bond motifs is 1. The smallest absolute Gasteiger partial charge is 0.0869 e. The molecule has 2 rings (SSSR count). The van der Waals surface area contributed by atoms with Gasteiger partial charge in [0, 0.05) is 6.61 Å². The van der Waals surface area contributed by atoms with E-state index in [1.165, 1.54) is 16.3 Å². The largest absolute Gasteiger partial charge is 0.373 e. The highest BCUT2D eigenvalue weighted by atomic mass is 16.5. The van der Waals surface area contributed by atoms with Crippen molar-refractivity contribution in [1.29, 1.82) is 0 Å². The molecule has 2 aromatic rings. The van der Waals surface area contributed by atoms with Crippen LogP contribution in [-0.2, 0) is 4.74 Å². The molecule has 2 heteroatoms. The van der Waals surface area contributed by atoms with Gasteiger partial charge in [0.25, 0.3) is 0 Å². The maximum atomic E-state index is 6.62. The third-order valence-electron chi connectivity index (χ3n) is 4.35. The minimum absolute atomic E-state index is 0.108. The van der Waals surface area contributed by atoms with E-state index in [1.807, 2.05) is 6.92 Å². The van der Waals surface area contributed by atoms with Crippen LogP contribution in [0.3, 0.4) is 0 Å². The van der Waals surface area contributed by atoms with E-state index in [0.29, 0.717) is 6.61 Å². The molecule has 2 aromatic carbocycles. The Morgan fingerprint density at radius 1 is 1.00 bits per heavy atom. The van der Waals surface area contributed by atoms with Gasteiger partial charge in [-0.3, -0.25) is 0 Å². The molecule has 0 aliphatic carbocycles. The number of hydrogen-bond donors (Lipinski definition) is 1. The quantitative estimate of drug-likeness (QED) is 0.843. The summed E-state index contributed by atoms with van der Waals surface area (Å²) < 4.78 is 6.07. The van der Waals surface area contributed by atoms with Gasteiger partial charge in [-0.2, -0.15) is 0 Å². The van der Waals surface area contributed by atoms with E-state index in [1.54, 1.807) is 0 Å². The molecule has 0 aliphatic heterocycles. The molecule has 0 aliphatic rings. The summed E-state index contributed by atoms with van der Waals surface area (Å²) in [6.45, 7) is 7.05. The molecule has 2 N–H and O–H groups in total. The molecule has 0 spiro atoms. The molecule has 0 bridgehead atoms. The van der Waals surface area contributed by atoms with Crippen molar-refractivity contribution in [2.45, 2.75) is 45.3 Å². The molecule has 0 amide bonds. The predicted molar refractivity (Wildman–Crippen MR) is 85.8 cm³/mol. The van der Waals surface area contributed by atoms with Gasteiger partial charge < -0.3 is 10.5 Å². The van der Waals surface area contributed by atoms with Crippen molar-refractivity contribution < 1.29 is 4.74 Å². The summed E-state index contributed by atoms with van der Waals surface area (Å²) in [6, 6.07) is 14.6. The first-order valence-electron chi connectivity index (χ1n) is 7.55. The third-order valence-corrected chi connectivity index (χ3v) is 4.35. The molecule has 0 aromatic heterocycles. The molecule has 2 nitrogen and oxygen atoms in total. The van der Waals surface area contributed by atoms with Gasteiger partial charge in [0.2, 0.25) is 0 Å². The maximum Gasteiger partial charge on any atom is 0.0869 e. The molecular formula is C18H25NO. The molecule has 108 valence electrons. The number of nitrogens with two attached hydrogens (primary N) is 1. The van der Waals surface area contributed by atoms with Crippen LogP contribution in [0.2, 0.25) is 0 Å². The van der Waals surface area contributed by atoms with Gasteiger partial charge in [0.1, 0.15) is 0 Å². The zero-order valence-electron chi connectivity index (χ0n) is 12.7. The Kier molecular flexibility index (Phi) is 4.79. The molecule has 1 atom stereocenters. The van der Waals surface area contributed by atoms with E-state index in [-0.39, 0.29) is 11.6 Å². The van der Waals surface area contributed by atoms with E-state index in [0.717, 1.165) is 12.8 Å². The van der Waals surface area contributed by atoms with Crippen LogP contribution in [0, 0.1) is 0 Å². The molecule has 20 heavy (non-hydrogen) atoms. The minimum atomic E-state index is -0.279. The molecule has 1 unspecified atom stereocenters. The van der Waals surface area contributed by atoms with Gasteiger partial charge in [0.05, 0.1) is 11.6 Å². The van der Waals surface area contributed by atoms with Crippen molar-refractivity contribution in [2.24, 2.45) is 5.73 Å². The SMILES string of the molecule is CCOC(CC)(CC)C(N)c1cccc2ccccc12. The normalized spacial score (nSPS) is 13.6. The highest BCUT2D eigenvalue weighted by Gasteiger charge is 2.35. The fourth-order valence-electron chi connectivity index (χ4n) is 3.08. The number of benzene rings is 2. The van der Waals surface area contributed by atoms with Gasteiger partial charge in [-0.1, -0.05) is 56.3 Å². The van der Waals surface area contributed by atoms with Crippen molar-refractivity contribution in [3.63, 3.8) is 0 Å². The van der Waals surface area contributed by atoms with E-state index in [9.17, 15) is 0 Å². The lowest BCUT2D eigenvalue weighted by Crippen LogP contribution is -2.43. The Bertz CT molecular complexity index is 555. The highest BCUT2D eigenvalue weighted by Crippen LogP contribution is 2.36. The van der Waals surface area contributed by atoms with Gasteiger partial charge >= 0.3 is 0 Å². The Labute approximate surface area is 121 Å². The third kappa shape index (κ3) is 2.58. The van der Waals surface area contributed by atoms with Crippen LogP contribution in [0.4, 0.5) is 0 Å². The maximum absolute atomic E-state index is 6.62. The van der Waals surface area contributed by atoms with E-state index in [2.05, 4.69) is 56.3 Å². The lowest BCUT2D eigenvalue weighted by atomic mass is 9.82. The summed E-state index contributed by atoms with van der Waals surface area (Å²) in [5.41, 5.74) is 7.52. The Morgan fingerprint density at radius 3 is 2.30 bits per heavy atom. The summed E-state index contributed by atoms with van der Waals surface area (Å²) in [6.07, 6.45) is 1.84. The first kappa shape index (κ1) is 15.0. The summed E-state index contributed by atoms with van der Waals surface area (Å²) in [5, 5.41) is 2.46. The molecular weight excluding hydrogens is 246 g/mol. The van der Waals surface area contributed by atoms with Gasteiger partial charge in [-0.15, -0.1) is 0 Å². The first-order chi connectivity index (χ1) is 9.68. The average Bonchev–Trinajstić information content (AvgIpc) is 2.51. The van der Waals surface area contributed by atoms with E-state index in [4.69, 9.17) is 10.5 Å². The second kappa shape index (κ2) is 6.38. The minimum Gasteiger partial charge on any atom is -0.373 e. The summed E-state index contributed by atoms with van der Waals surface area (Å²) in [5.74, 6) is 0. The zero-order chi connectivity index (χ0) is 14.6. The van der Waals surface area contributed by atoms with Gasteiger partial charge in [-0.25, -0.2) is 0 Å². The van der Waals surface area contributed by atoms with E-state index >= 15 is 0 Å². The zero-order valence-corrected chi connectivity index (χ0v) is 12.7. The summed E-state index contributed by atoms with van der Waals surface area (Å²) in [4.78, 5) is 0. The topological polar surface area (TPSA) is 35.2 Å². The highest BCUT2D eigenvalue weighted by molar-refractivity contribution is 5.86. The van der Waals surface area contributed by atoms with Crippen LogP contribution in [0.25, 0.3) is 10.8 Å². The molecule has 0 heterocycles. The number of ether oxygens (including phenoxy) is 1. The van der Waals surface area contributed by atoms with Crippen molar-refractivity contribution in [3.8, 4) is 0 Å².